The van der Waals surface area contributed by atoms with E-state index in [4.69, 9.17) is 9.16 Å². The molecule has 2 aliphatic heterocycles. The van der Waals surface area contributed by atoms with Gasteiger partial charge >= 0.3 is 0 Å². The first-order valence-corrected chi connectivity index (χ1v) is 14.9. The van der Waals surface area contributed by atoms with Gasteiger partial charge in [-0.1, -0.05) is 32.9 Å². The van der Waals surface area contributed by atoms with Crippen LogP contribution in [0.25, 0.3) is 0 Å². The Kier molecular flexibility index (Phi) is 6.98. The van der Waals surface area contributed by atoms with Crippen LogP contribution in [0.2, 0.25) is 18.1 Å². The van der Waals surface area contributed by atoms with Gasteiger partial charge in [-0.2, -0.15) is 0 Å². The molecule has 0 N–H and O–H groups in total. The van der Waals surface area contributed by atoms with E-state index in [2.05, 4.69) is 82.8 Å². The monoisotopic (exact) mass is 469 g/mol. The molecule has 180 valence electrons. The summed E-state index contributed by atoms with van der Waals surface area (Å²) in [6.45, 7) is 17.8. The minimum absolute atomic E-state index is 0.227. The van der Waals surface area contributed by atoms with Gasteiger partial charge in [0.05, 0.1) is 30.8 Å². The summed E-state index contributed by atoms with van der Waals surface area (Å²) < 4.78 is 11.8. The molecule has 2 aromatic rings. The van der Waals surface area contributed by atoms with Crippen LogP contribution in [0.4, 0.5) is 17.3 Å². The van der Waals surface area contributed by atoms with E-state index in [-0.39, 0.29) is 5.04 Å². The molecule has 0 radical (unpaired) electrons. The quantitative estimate of drug-likeness (QED) is 0.564. The number of aromatic nitrogens is 2. The van der Waals surface area contributed by atoms with Crippen LogP contribution in [-0.2, 0) is 15.8 Å². The van der Waals surface area contributed by atoms with E-state index in [1.165, 1.54) is 11.3 Å². The van der Waals surface area contributed by atoms with Crippen molar-refractivity contribution in [1.82, 2.24) is 9.97 Å². The Balaban J connectivity index is 1.30. The van der Waals surface area contributed by atoms with Gasteiger partial charge in [-0.3, -0.25) is 0 Å². The smallest absolute Gasteiger partial charge is 0.225 e. The lowest BCUT2D eigenvalue weighted by molar-refractivity contribution is 0.0778. The Hall–Kier alpha value is -2.16. The molecule has 7 nitrogen and oxygen atoms in total. The Labute approximate surface area is 199 Å². The van der Waals surface area contributed by atoms with Crippen molar-refractivity contribution in [3.05, 3.63) is 42.2 Å². The van der Waals surface area contributed by atoms with Gasteiger partial charge in [0.25, 0.3) is 0 Å². The first-order chi connectivity index (χ1) is 15.7. The highest BCUT2D eigenvalue weighted by atomic mass is 28.4. The second kappa shape index (κ2) is 9.60. The van der Waals surface area contributed by atoms with Crippen molar-refractivity contribution in [1.29, 1.82) is 0 Å². The van der Waals surface area contributed by atoms with Crippen LogP contribution in [0.5, 0.6) is 0 Å². The van der Waals surface area contributed by atoms with Crippen LogP contribution in [0.15, 0.2) is 36.7 Å². The molecule has 0 aliphatic carbocycles. The first-order valence-electron chi connectivity index (χ1n) is 12.0. The van der Waals surface area contributed by atoms with E-state index in [1.54, 1.807) is 7.11 Å². The van der Waals surface area contributed by atoms with Crippen molar-refractivity contribution in [2.75, 3.05) is 61.1 Å². The summed E-state index contributed by atoms with van der Waals surface area (Å²) in [6.07, 6.45) is 4.21. The molecule has 1 aromatic heterocycles. The van der Waals surface area contributed by atoms with Gasteiger partial charge in [0.2, 0.25) is 5.95 Å². The van der Waals surface area contributed by atoms with E-state index in [0.29, 0.717) is 12.7 Å². The third kappa shape index (κ3) is 5.50. The third-order valence-electron chi connectivity index (χ3n) is 7.42. The van der Waals surface area contributed by atoms with Gasteiger partial charge in [-0.25, -0.2) is 9.97 Å². The van der Waals surface area contributed by atoms with Gasteiger partial charge in [0.1, 0.15) is 0 Å². The number of nitrogens with zero attached hydrogens (tertiary/aromatic N) is 5. The van der Waals surface area contributed by atoms with E-state index in [1.807, 2.05) is 12.4 Å². The highest BCUT2D eigenvalue weighted by Crippen LogP contribution is 2.37. The maximum Gasteiger partial charge on any atom is 0.225 e. The molecule has 8 heteroatoms. The lowest BCUT2D eigenvalue weighted by Crippen LogP contribution is -2.52. The number of ether oxygens (including phenoxy) is 1. The largest absolute Gasteiger partial charge is 0.413 e. The van der Waals surface area contributed by atoms with Crippen molar-refractivity contribution in [2.45, 2.75) is 51.6 Å². The number of hydrogen-bond acceptors (Lipinski definition) is 7. The first kappa shape index (κ1) is 24.0. The highest BCUT2D eigenvalue weighted by Gasteiger charge is 2.37. The molecule has 33 heavy (non-hydrogen) atoms. The molecule has 1 aromatic carbocycles. The van der Waals surface area contributed by atoms with Crippen molar-refractivity contribution in [2.24, 2.45) is 0 Å². The second-order valence-electron chi connectivity index (χ2n) is 10.7. The van der Waals surface area contributed by atoms with Crippen LogP contribution in [0.1, 0.15) is 26.3 Å². The van der Waals surface area contributed by atoms with Gasteiger partial charge < -0.3 is 23.9 Å². The number of piperazine rings is 1. The normalized spacial score (nSPS) is 17.9. The third-order valence-corrected chi connectivity index (χ3v) is 11.9. The van der Waals surface area contributed by atoms with Gasteiger partial charge in [0.15, 0.2) is 8.32 Å². The molecule has 2 aliphatic rings. The van der Waals surface area contributed by atoms with Crippen molar-refractivity contribution >= 4 is 25.6 Å². The number of anilines is 3. The SMILES string of the molecule is COC1CN(c2ncc(N3CCN(c4cccc(CO[Si](C)(C)C(C)(C)C)c4)CC3)cn2)C1. The fourth-order valence-electron chi connectivity index (χ4n) is 3.94. The zero-order chi connectivity index (χ0) is 23.6. The predicted octanol–water partition coefficient (Wildman–Crippen LogP) is 4.16. The van der Waals surface area contributed by atoms with Crippen molar-refractivity contribution in [3.63, 3.8) is 0 Å². The summed E-state index contributed by atoms with van der Waals surface area (Å²) in [5.41, 5.74) is 3.63. The Morgan fingerprint density at radius 1 is 0.939 bits per heavy atom. The van der Waals surface area contributed by atoms with Crippen LogP contribution in [0, 0.1) is 0 Å². The van der Waals surface area contributed by atoms with Gasteiger partial charge in [0, 0.05) is 52.1 Å². The molecule has 0 atom stereocenters. The average molecular weight is 470 g/mol. The predicted molar refractivity (Wildman–Crippen MR) is 138 cm³/mol. The second-order valence-corrected chi connectivity index (χ2v) is 15.5. The van der Waals surface area contributed by atoms with Crippen molar-refractivity contribution in [3.8, 4) is 0 Å². The van der Waals surface area contributed by atoms with E-state index in [0.717, 1.165) is 50.9 Å². The summed E-state index contributed by atoms with van der Waals surface area (Å²) >= 11 is 0. The molecule has 0 unspecified atom stereocenters. The number of hydrogen-bond donors (Lipinski definition) is 0. The standard InChI is InChI=1S/C25H39N5O2Si/c1-25(2,3)33(5,6)32-19-20-8-7-9-21(14-20)28-10-12-29(13-11-28)22-15-26-24(27-16-22)30-17-23(18-30)31-4/h7-9,14-16,23H,10-13,17-19H2,1-6H3. The summed E-state index contributed by atoms with van der Waals surface area (Å²) in [7, 11) is 0.00675. The molecule has 3 heterocycles. The molecule has 0 saturated carbocycles. The van der Waals surface area contributed by atoms with Crippen LogP contribution in [0.3, 0.4) is 0 Å². The summed E-state index contributed by atoms with van der Waals surface area (Å²) in [5, 5.41) is 0.227. The van der Waals surface area contributed by atoms with E-state index in [9.17, 15) is 0 Å². The van der Waals surface area contributed by atoms with Crippen LogP contribution in [-0.4, -0.2) is 70.8 Å². The molecule has 4 rings (SSSR count). The molecular formula is C25H39N5O2Si. The topological polar surface area (TPSA) is 54.0 Å². The fraction of sp³-hybridized carbons (Fsp3) is 0.600. The van der Waals surface area contributed by atoms with E-state index < -0.39 is 8.32 Å². The minimum atomic E-state index is -1.75. The number of benzene rings is 1. The van der Waals surface area contributed by atoms with Gasteiger partial charge in [-0.05, 0) is 35.8 Å². The summed E-state index contributed by atoms with van der Waals surface area (Å²) in [5.74, 6) is 0.794. The Morgan fingerprint density at radius 2 is 1.55 bits per heavy atom. The van der Waals surface area contributed by atoms with Gasteiger partial charge in [-0.15, -0.1) is 0 Å². The summed E-state index contributed by atoms with van der Waals surface area (Å²) in [4.78, 5) is 16.2. The lowest BCUT2D eigenvalue weighted by atomic mass is 10.1. The molecule has 0 spiro atoms. The van der Waals surface area contributed by atoms with Crippen molar-refractivity contribution < 1.29 is 9.16 Å². The number of rotatable bonds is 7. The van der Waals surface area contributed by atoms with Crippen LogP contribution < -0.4 is 14.7 Å². The Bertz CT molecular complexity index is 917. The average Bonchev–Trinajstić information content (AvgIpc) is 2.77. The molecule has 0 bridgehead atoms. The zero-order valence-corrected chi connectivity index (χ0v) is 22.0. The molecular weight excluding hydrogens is 430 g/mol. The maximum atomic E-state index is 6.44. The molecule has 2 fully saturated rings. The highest BCUT2D eigenvalue weighted by molar-refractivity contribution is 6.74. The lowest BCUT2D eigenvalue weighted by Gasteiger charge is -2.39. The number of methoxy groups -OCH3 is 1. The fourth-order valence-corrected chi connectivity index (χ4v) is 4.90. The Morgan fingerprint density at radius 3 is 2.12 bits per heavy atom. The molecule has 0 amide bonds. The summed E-state index contributed by atoms with van der Waals surface area (Å²) in [6, 6.07) is 8.84. The minimum Gasteiger partial charge on any atom is -0.413 e. The van der Waals surface area contributed by atoms with Crippen LogP contribution >= 0.6 is 0 Å². The zero-order valence-electron chi connectivity index (χ0n) is 21.0. The van der Waals surface area contributed by atoms with E-state index >= 15 is 0 Å². The maximum absolute atomic E-state index is 6.44. The molecule has 2 saturated heterocycles.